The van der Waals surface area contributed by atoms with Gasteiger partial charge in [0.2, 0.25) is 5.91 Å². The van der Waals surface area contributed by atoms with Crippen molar-refractivity contribution >= 4 is 47.2 Å². The van der Waals surface area contributed by atoms with Crippen LogP contribution in [0, 0.1) is 0 Å². The normalized spacial score (nSPS) is 15.0. The summed E-state index contributed by atoms with van der Waals surface area (Å²) >= 11 is 1.50. The van der Waals surface area contributed by atoms with E-state index in [1.807, 2.05) is 0 Å². The van der Waals surface area contributed by atoms with Crippen molar-refractivity contribution in [3.8, 4) is 0 Å². The smallest absolute Gasteiger partial charge is 0.223 e. The van der Waals surface area contributed by atoms with Gasteiger partial charge >= 0.3 is 0 Å². The number of carbonyl (C=O) groups excluding carboxylic acids is 1. The summed E-state index contributed by atoms with van der Waals surface area (Å²) in [5, 5.41) is 8.92. The van der Waals surface area contributed by atoms with Crippen molar-refractivity contribution in [2.45, 2.75) is 45.7 Å². The van der Waals surface area contributed by atoms with Gasteiger partial charge in [-0.15, -0.1) is 36.2 Å². The van der Waals surface area contributed by atoms with Gasteiger partial charge in [0, 0.05) is 24.9 Å². The first kappa shape index (κ1) is 21.6. The molecule has 2 N–H and O–H groups in total. The Morgan fingerprint density at radius 3 is 2.73 bits per heavy atom. The largest absolute Gasteiger partial charge is 0.317 e. The fourth-order valence-corrected chi connectivity index (χ4v) is 3.39. The van der Waals surface area contributed by atoms with E-state index in [-0.39, 0.29) is 30.7 Å². The molecule has 0 aliphatic carbocycles. The van der Waals surface area contributed by atoms with E-state index in [4.69, 9.17) is 0 Å². The van der Waals surface area contributed by atoms with Crippen LogP contribution in [0.2, 0.25) is 0 Å². The summed E-state index contributed by atoms with van der Waals surface area (Å²) in [7, 11) is 0. The number of piperidine rings is 1. The monoisotopic (exact) mass is 368 g/mol. The van der Waals surface area contributed by atoms with E-state index >= 15 is 0 Å². The Morgan fingerprint density at radius 2 is 2.14 bits per heavy atom. The van der Waals surface area contributed by atoms with Gasteiger partial charge in [0.05, 0.1) is 5.69 Å². The second-order valence-corrected chi connectivity index (χ2v) is 6.13. The molecule has 1 aliphatic heterocycles. The highest BCUT2D eigenvalue weighted by Crippen LogP contribution is 2.20. The average Bonchev–Trinajstić information content (AvgIpc) is 2.86. The zero-order chi connectivity index (χ0) is 14.4. The van der Waals surface area contributed by atoms with Gasteiger partial charge in [-0.05, 0) is 38.9 Å². The minimum Gasteiger partial charge on any atom is -0.317 e. The third-order valence-electron chi connectivity index (χ3n) is 3.54. The quantitative estimate of drug-likeness (QED) is 0.810. The maximum absolute atomic E-state index is 11.0. The molecule has 1 aromatic heterocycles. The number of carbonyl (C=O) groups is 1. The van der Waals surface area contributed by atoms with Gasteiger partial charge in [0.1, 0.15) is 0 Å². The second-order valence-electron chi connectivity index (χ2n) is 5.28. The number of nitrogens with one attached hydrogen (secondary N) is 2. The van der Waals surface area contributed by atoms with Crippen LogP contribution in [0.15, 0.2) is 5.38 Å². The van der Waals surface area contributed by atoms with Crippen LogP contribution >= 0.6 is 36.2 Å². The van der Waals surface area contributed by atoms with Gasteiger partial charge in [-0.25, -0.2) is 4.98 Å². The van der Waals surface area contributed by atoms with E-state index in [0.717, 1.165) is 38.3 Å². The van der Waals surface area contributed by atoms with Crippen LogP contribution in [0.25, 0.3) is 0 Å². The number of halogens is 2. The first-order chi connectivity index (χ1) is 9.69. The van der Waals surface area contributed by atoms with Crippen LogP contribution in [0.4, 0.5) is 5.13 Å². The first-order valence-corrected chi connectivity index (χ1v) is 8.23. The lowest BCUT2D eigenvalue weighted by molar-refractivity contribution is -0.114. The Balaban J connectivity index is 0.00000220. The van der Waals surface area contributed by atoms with Gasteiger partial charge in [-0.3, -0.25) is 9.69 Å². The fraction of sp³-hybridized carbons (Fsp3) is 0.714. The standard InChI is InChI=1S/C14H24N4OS.2ClH/c1-3-8-18(13-4-6-15-7-5-13)9-12-10-20-14(17-12)16-11(2)19;;/h10,13,15H,3-9H2,1-2H3,(H,16,17,19);2*1H. The molecule has 0 aromatic carbocycles. The van der Waals surface area contributed by atoms with E-state index in [1.165, 1.54) is 31.1 Å². The molecule has 0 spiro atoms. The van der Waals surface area contributed by atoms with E-state index in [0.29, 0.717) is 11.2 Å². The lowest BCUT2D eigenvalue weighted by Gasteiger charge is -2.34. The Labute approximate surface area is 149 Å². The van der Waals surface area contributed by atoms with Crippen LogP contribution < -0.4 is 10.6 Å². The van der Waals surface area contributed by atoms with Gasteiger partial charge < -0.3 is 10.6 Å². The molecule has 0 radical (unpaired) electrons. The molecule has 1 aliphatic rings. The number of aromatic nitrogens is 1. The van der Waals surface area contributed by atoms with E-state index in [9.17, 15) is 4.79 Å². The number of amides is 1. The Hall–Kier alpha value is -0.400. The highest BCUT2D eigenvalue weighted by molar-refractivity contribution is 7.13. The molecule has 1 fully saturated rings. The molecule has 0 saturated carbocycles. The van der Waals surface area contributed by atoms with Crippen molar-refractivity contribution in [3.63, 3.8) is 0 Å². The third kappa shape index (κ3) is 6.79. The summed E-state index contributed by atoms with van der Waals surface area (Å²) in [6.07, 6.45) is 3.58. The Kier molecular flexibility index (Phi) is 11.0. The van der Waals surface area contributed by atoms with Crippen LogP contribution in [0.5, 0.6) is 0 Å². The van der Waals surface area contributed by atoms with Crippen LogP contribution in [-0.4, -0.2) is 41.5 Å². The molecule has 5 nitrogen and oxygen atoms in total. The molecule has 1 saturated heterocycles. The number of rotatable bonds is 6. The molecular weight excluding hydrogens is 343 g/mol. The van der Waals surface area contributed by atoms with Crippen molar-refractivity contribution in [3.05, 3.63) is 11.1 Å². The number of hydrogen-bond acceptors (Lipinski definition) is 5. The SMILES string of the molecule is CCCN(Cc1csc(NC(C)=O)n1)C1CCNCC1.Cl.Cl. The van der Waals surface area contributed by atoms with Crippen molar-refractivity contribution in [2.75, 3.05) is 25.0 Å². The highest BCUT2D eigenvalue weighted by atomic mass is 35.5. The maximum Gasteiger partial charge on any atom is 0.223 e. The predicted molar refractivity (Wildman–Crippen MR) is 97.5 cm³/mol. The molecule has 1 aromatic rings. The van der Waals surface area contributed by atoms with Gasteiger partial charge in [0.15, 0.2) is 5.13 Å². The number of thiazole rings is 1. The molecule has 0 unspecified atom stereocenters. The van der Waals surface area contributed by atoms with Gasteiger partial charge in [0.25, 0.3) is 0 Å². The van der Waals surface area contributed by atoms with Gasteiger partial charge in [-0.1, -0.05) is 6.92 Å². The minimum absolute atomic E-state index is 0. The predicted octanol–water partition coefficient (Wildman–Crippen LogP) is 2.91. The lowest BCUT2D eigenvalue weighted by Crippen LogP contribution is -2.43. The molecule has 1 amide bonds. The van der Waals surface area contributed by atoms with Crippen LogP contribution in [0.3, 0.4) is 0 Å². The highest BCUT2D eigenvalue weighted by Gasteiger charge is 2.21. The van der Waals surface area contributed by atoms with Crippen molar-refractivity contribution in [1.29, 1.82) is 0 Å². The topological polar surface area (TPSA) is 57.3 Å². The number of nitrogens with zero attached hydrogens (tertiary/aromatic N) is 2. The molecular formula is C14H26Cl2N4OS. The summed E-state index contributed by atoms with van der Waals surface area (Å²) in [6.45, 7) is 7.95. The van der Waals surface area contributed by atoms with E-state index in [2.05, 4.69) is 32.8 Å². The summed E-state index contributed by atoms with van der Waals surface area (Å²) in [4.78, 5) is 18.1. The lowest BCUT2D eigenvalue weighted by atomic mass is 10.0. The second kappa shape index (κ2) is 11.2. The maximum atomic E-state index is 11.0. The van der Waals surface area contributed by atoms with E-state index < -0.39 is 0 Å². The van der Waals surface area contributed by atoms with Gasteiger partial charge in [-0.2, -0.15) is 0 Å². The van der Waals surface area contributed by atoms with Crippen molar-refractivity contribution in [2.24, 2.45) is 0 Å². The molecule has 8 heteroatoms. The first-order valence-electron chi connectivity index (χ1n) is 7.35. The van der Waals surface area contributed by atoms with Crippen molar-refractivity contribution < 1.29 is 4.79 Å². The fourth-order valence-electron chi connectivity index (χ4n) is 2.65. The molecule has 22 heavy (non-hydrogen) atoms. The zero-order valence-electron chi connectivity index (χ0n) is 13.1. The molecule has 2 rings (SSSR count). The van der Waals surface area contributed by atoms with Crippen LogP contribution in [-0.2, 0) is 11.3 Å². The third-order valence-corrected chi connectivity index (χ3v) is 4.34. The number of anilines is 1. The average molecular weight is 369 g/mol. The molecule has 2 heterocycles. The Bertz CT molecular complexity index is 438. The zero-order valence-corrected chi connectivity index (χ0v) is 15.6. The summed E-state index contributed by atoms with van der Waals surface area (Å²) < 4.78 is 0. The summed E-state index contributed by atoms with van der Waals surface area (Å²) in [6, 6.07) is 0.655. The number of hydrogen-bond donors (Lipinski definition) is 2. The molecule has 0 atom stereocenters. The minimum atomic E-state index is -0.0605. The van der Waals surface area contributed by atoms with Crippen LogP contribution in [0.1, 0.15) is 38.8 Å². The molecule has 0 bridgehead atoms. The summed E-state index contributed by atoms with van der Waals surface area (Å²) in [5.41, 5.74) is 1.06. The Morgan fingerprint density at radius 1 is 1.45 bits per heavy atom. The van der Waals surface area contributed by atoms with E-state index in [1.54, 1.807) is 0 Å². The van der Waals surface area contributed by atoms with Crippen molar-refractivity contribution in [1.82, 2.24) is 15.2 Å². The molecule has 128 valence electrons. The summed E-state index contributed by atoms with van der Waals surface area (Å²) in [5.74, 6) is -0.0605.